The molecule has 0 saturated heterocycles. The molecule has 0 aromatic heterocycles. The topological polar surface area (TPSA) is 66.4 Å². The van der Waals surface area contributed by atoms with E-state index in [9.17, 15) is 14.7 Å². The highest BCUT2D eigenvalue weighted by molar-refractivity contribution is 5.83. The molecule has 0 unspecified atom stereocenters. The van der Waals surface area contributed by atoms with Gasteiger partial charge < -0.3 is 10.4 Å². The fourth-order valence-electron chi connectivity index (χ4n) is 2.98. The van der Waals surface area contributed by atoms with Crippen molar-refractivity contribution in [3.05, 3.63) is 12.7 Å². The van der Waals surface area contributed by atoms with E-state index in [0.717, 1.165) is 44.9 Å². The van der Waals surface area contributed by atoms with Crippen LogP contribution < -0.4 is 5.32 Å². The summed E-state index contributed by atoms with van der Waals surface area (Å²) in [6.07, 6.45) is 12.6. The van der Waals surface area contributed by atoms with Gasteiger partial charge in [-0.1, -0.05) is 38.2 Å². The Balaban J connectivity index is 2.20. The number of carboxylic acids is 1. The highest BCUT2D eigenvalue weighted by Gasteiger charge is 2.23. The van der Waals surface area contributed by atoms with Crippen molar-refractivity contribution >= 4 is 11.9 Å². The largest absolute Gasteiger partial charge is 0.480 e. The number of amides is 1. The molecule has 1 aliphatic carbocycles. The Morgan fingerprint density at radius 2 is 1.86 bits per heavy atom. The fraction of sp³-hybridized carbons (Fsp3) is 0.765. The van der Waals surface area contributed by atoms with Crippen LogP contribution >= 0.6 is 0 Å². The van der Waals surface area contributed by atoms with Gasteiger partial charge in [-0.05, 0) is 38.0 Å². The van der Waals surface area contributed by atoms with Crippen LogP contribution in [0, 0.1) is 5.92 Å². The van der Waals surface area contributed by atoms with Gasteiger partial charge in [0.15, 0.2) is 0 Å². The molecule has 1 amide bonds. The molecule has 120 valence electrons. The Hall–Kier alpha value is -1.32. The van der Waals surface area contributed by atoms with Crippen LogP contribution in [0.3, 0.4) is 0 Å². The second kappa shape index (κ2) is 10.4. The summed E-state index contributed by atoms with van der Waals surface area (Å²) in [5.41, 5.74) is 0. The van der Waals surface area contributed by atoms with Gasteiger partial charge in [-0.15, -0.1) is 6.58 Å². The second-order valence-corrected chi connectivity index (χ2v) is 6.09. The van der Waals surface area contributed by atoms with Gasteiger partial charge in [0.1, 0.15) is 6.04 Å². The molecule has 1 fully saturated rings. The van der Waals surface area contributed by atoms with E-state index in [0.29, 0.717) is 18.8 Å². The maximum absolute atomic E-state index is 11.9. The standard InChI is InChI=1S/C17H29NO3/c1-2-3-4-5-6-7-12-15(17(20)21)18-16(19)13-14-10-8-9-11-14/h2,14-15H,1,3-13H2,(H,18,19)(H,20,21)/t15-/m1/s1. The summed E-state index contributed by atoms with van der Waals surface area (Å²) in [6.45, 7) is 3.68. The summed E-state index contributed by atoms with van der Waals surface area (Å²) in [5, 5.41) is 11.9. The molecular formula is C17H29NO3. The first kappa shape index (κ1) is 17.7. The molecular weight excluding hydrogens is 266 g/mol. The Labute approximate surface area is 128 Å². The number of hydrogen-bond acceptors (Lipinski definition) is 2. The van der Waals surface area contributed by atoms with Crippen molar-refractivity contribution in [2.45, 2.75) is 76.7 Å². The number of nitrogens with one attached hydrogen (secondary N) is 1. The van der Waals surface area contributed by atoms with Gasteiger partial charge in [0, 0.05) is 6.42 Å². The number of allylic oxidation sites excluding steroid dienone is 1. The van der Waals surface area contributed by atoms with Gasteiger partial charge in [-0.2, -0.15) is 0 Å². The fourth-order valence-corrected chi connectivity index (χ4v) is 2.98. The van der Waals surface area contributed by atoms with E-state index in [1.54, 1.807) is 0 Å². The highest BCUT2D eigenvalue weighted by atomic mass is 16.4. The van der Waals surface area contributed by atoms with Crippen molar-refractivity contribution in [2.75, 3.05) is 0 Å². The van der Waals surface area contributed by atoms with Crippen molar-refractivity contribution in [3.63, 3.8) is 0 Å². The highest BCUT2D eigenvalue weighted by Crippen LogP contribution is 2.27. The molecule has 0 bridgehead atoms. The van der Waals surface area contributed by atoms with Crippen LogP contribution in [0.1, 0.15) is 70.6 Å². The lowest BCUT2D eigenvalue weighted by Gasteiger charge is -2.16. The van der Waals surface area contributed by atoms with Crippen molar-refractivity contribution in [2.24, 2.45) is 5.92 Å². The maximum Gasteiger partial charge on any atom is 0.326 e. The summed E-state index contributed by atoms with van der Waals surface area (Å²) in [5.74, 6) is -0.555. The van der Waals surface area contributed by atoms with E-state index >= 15 is 0 Å². The number of rotatable bonds is 11. The molecule has 0 radical (unpaired) electrons. The molecule has 0 aliphatic heterocycles. The number of carboxylic acid groups (broad SMARTS) is 1. The monoisotopic (exact) mass is 295 g/mol. The SMILES string of the molecule is C=CCCCCCC[C@@H](NC(=O)CC1CCCC1)C(=O)O. The van der Waals surface area contributed by atoms with E-state index in [2.05, 4.69) is 11.9 Å². The average Bonchev–Trinajstić information content (AvgIpc) is 2.93. The normalized spacial score (nSPS) is 16.6. The lowest BCUT2D eigenvalue weighted by Crippen LogP contribution is -2.41. The van der Waals surface area contributed by atoms with Crippen LogP contribution in [0.15, 0.2) is 12.7 Å². The molecule has 1 rings (SSSR count). The van der Waals surface area contributed by atoms with E-state index < -0.39 is 12.0 Å². The van der Waals surface area contributed by atoms with Crippen LogP contribution in [0.5, 0.6) is 0 Å². The lowest BCUT2D eigenvalue weighted by atomic mass is 10.0. The zero-order valence-electron chi connectivity index (χ0n) is 13.0. The van der Waals surface area contributed by atoms with E-state index in [-0.39, 0.29) is 5.91 Å². The molecule has 2 N–H and O–H groups in total. The molecule has 4 nitrogen and oxygen atoms in total. The molecule has 0 aromatic carbocycles. The smallest absolute Gasteiger partial charge is 0.326 e. The quantitative estimate of drug-likeness (QED) is 0.451. The number of hydrogen-bond donors (Lipinski definition) is 2. The molecule has 21 heavy (non-hydrogen) atoms. The summed E-state index contributed by atoms with van der Waals surface area (Å²) < 4.78 is 0. The number of aliphatic carboxylic acids is 1. The average molecular weight is 295 g/mol. The molecule has 1 atom stereocenters. The van der Waals surface area contributed by atoms with E-state index in [4.69, 9.17) is 0 Å². The number of unbranched alkanes of at least 4 members (excludes halogenated alkanes) is 4. The number of carbonyl (C=O) groups excluding carboxylic acids is 1. The minimum atomic E-state index is -0.916. The minimum Gasteiger partial charge on any atom is -0.480 e. The van der Waals surface area contributed by atoms with Gasteiger partial charge in [0.2, 0.25) is 5.91 Å². The van der Waals surface area contributed by atoms with Crippen LogP contribution in [-0.2, 0) is 9.59 Å². The van der Waals surface area contributed by atoms with Gasteiger partial charge in [-0.25, -0.2) is 4.79 Å². The van der Waals surface area contributed by atoms with Gasteiger partial charge >= 0.3 is 5.97 Å². The van der Waals surface area contributed by atoms with Crippen molar-refractivity contribution < 1.29 is 14.7 Å². The summed E-state index contributed by atoms with van der Waals surface area (Å²) in [6, 6.07) is -0.724. The molecule has 1 aliphatic rings. The molecule has 0 aromatic rings. The van der Waals surface area contributed by atoms with Gasteiger partial charge in [0.05, 0.1) is 0 Å². The third-order valence-electron chi connectivity index (χ3n) is 4.23. The van der Waals surface area contributed by atoms with Gasteiger partial charge in [0.25, 0.3) is 0 Å². The third kappa shape index (κ3) is 7.88. The zero-order valence-corrected chi connectivity index (χ0v) is 13.0. The molecule has 0 spiro atoms. The van der Waals surface area contributed by atoms with Crippen LogP contribution in [0.4, 0.5) is 0 Å². The zero-order chi connectivity index (χ0) is 15.5. The van der Waals surface area contributed by atoms with Crippen LogP contribution in [0.25, 0.3) is 0 Å². The summed E-state index contributed by atoms with van der Waals surface area (Å²) in [4.78, 5) is 23.1. The van der Waals surface area contributed by atoms with Crippen LogP contribution in [-0.4, -0.2) is 23.0 Å². The first-order valence-electron chi connectivity index (χ1n) is 8.26. The number of carbonyl (C=O) groups is 2. The van der Waals surface area contributed by atoms with Crippen molar-refractivity contribution in [1.29, 1.82) is 0 Å². The molecule has 4 heteroatoms. The Morgan fingerprint density at radius 3 is 2.48 bits per heavy atom. The van der Waals surface area contributed by atoms with Crippen molar-refractivity contribution in [1.82, 2.24) is 5.32 Å². The summed E-state index contributed by atoms with van der Waals surface area (Å²) in [7, 11) is 0. The Bertz CT molecular complexity index is 335. The first-order valence-corrected chi connectivity index (χ1v) is 8.26. The van der Waals surface area contributed by atoms with Crippen molar-refractivity contribution in [3.8, 4) is 0 Å². The van der Waals surface area contributed by atoms with Crippen LogP contribution in [0.2, 0.25) is 0 Å². The molecule has 1 saturated carbocycles. The predicted octanol–water partition coefficient (Wildman–Crippen LogP) is 3.66. The van der Waals surface area contributed by atoms with E-state index in [1.165, 1.54) is 12.8 Å². The Kier molecular flexibility index (Phi) is 8.79. The lowest BCUT2D eigenvalue weighted by molar-refractivity contribution is -0.142. The third-order valence-corrected chi connectivity index (χ3v) is 4.23. The van der Waals surface area contributed by atoms with Gasteiger partial charge in [-0.3, -0.25) is 4.79 Å². The van der Waals surface area contributed by atoms with E-state index in [1.807, 2.05) is 6.08 Å². The summed E-state index contributed by atoms with van der Waals surface area (Å²) >= 11 is 0. The Morgan fingerprint density at radius 1 is 1.19 bits per heavy atom. The second-order valence-electron chi connectivity index (χ2n) is 6.09. The predicted molar refractivity (Wildman–Crippen MR) is 84.0 cm³/mol. The minimum absolute atomic E-state index is 0.0963. The maximum atomic E-state index is 11.9. The first-order chi connectivity index (χ1) is 10.1. The molecule has 0 heterocycles.